The zero-order valence-corrected chi connectivity index (χ0v) is 15.9. The Hall–Kier alpha value is -1.73. The van der Waals surface area contributed by atoms with Gasteiger partial charge in [0, 0.05) is 32.7 Å². The summed E-state index contributed by atoms with van der Waals surface area (Å²) in [5.74, 6) is -2.12. The summed E-state index contributed by atoms with van der Waals surface area (Å²) in [6, 6.07) is 8.30. The van der Waals surface area contributed by atoms with Crippen LogP contribution in [0.1, 0.15) is 22.0 Å². The summed E-state index contributed by atoms with van der Waals surface area (Å²) in [7, 11) is 0. The molecule has 0 aromatic heterocycles. The standard InChI is InChI=1S/C19H18Cl2F2N2O2/c20-14-3-1-2-13(18(14)21)19(27)25-8-6-24(7-9-25)11-17(26)12-4-5-15(22)16(23)10-12/h1-5,10,17,26H,6-9,11H2. The lowest BCUT2D eigenvalue weighted by atomic mass is 10.1. The van der Waals surface area contributed by atoms with Crippen molar-refractivity contribution in [3.8, 4) is 0 Å². The number of hydrogen-bond donors (Lipinski definition) is 1. The van der Waals surface area contributed by atoms with E-state index in [4.69, 9.17) is 23.2 Å². The molecule has 1 saturated heterocycles. The summed E-state index contributed by atoms with van der Waals surface area (Å²) in [5, 5.41) is 10.8. The van der Waals surface area contributed by atoms with E-state index in [0.717, 1.165) is 12.1 Å². The first-order valence-electron chi connectivity index (χ1n) is 8.45. The maximum Gasteiger partial charge on any atom is 0.255 e. The number of aliphatic hydroxyl groups excluding tert-OH is 1. The molecular weight excluding hydrogens is 397 g/mol. The number of carbonyl (C=O) groups excluding carboxylic acids is 1. The van der Waals surface area contributed by atoms with Crippen LogP contribution in [0, 0.1) is 11.6 Å². The van der Waals surface area contributed by atoms with E-state index in [9.17, 15) is 18.7 Å². The molecule has 8 heteroatoms. The monoisotopic (exact) mass is 414 g/mol. The third kappa shape index (κ3) is 4.58. The summed E-state index contributed by atoms with van der Waals surface area (Å²) >= 11 is 12.1. The molecule has 27 heavy (non-hydrogen) atoms. The Morgan fingerprint density at radius 1 is 1.07 bits per heavy atom. The van der Waals surface area contributed by atoms with Crippen LogP contribution in [0.5, 0.6) is 0 Å². The third-order valence-corrected chi connectivity index (χ3v) is 5.42. The SMILES string of the molecule is O=C(c1cccc(Cl)c1Cl)N1CCN(CC(O)c2ccc(F)c(F)c2)CC1. The van der Waals surface area contributed by atoms with Crippen molar-refractivity contribution in [2.24, 2.45) is 0 Å². The lowest BCUT2D eigenvalue weighted by molar-refractivity contribution is 0.0527. The van der Waals surface area contributed by atoms with Gasteiger partial charge in [-0.3, -0.25) is 9.69 Å². The summed E-state index contributed by atoms with van der Waals surface area (Å²) in [5.41, 5.74) is 0.678. The van der Waals surface area contributed by atoms with E-state index in [1.165, 1.54) is 6.07 Å². The third-order valence-electron chi connectivity index (χ3n) is 4.60. The minimum Gasteiger partial charge on any atom is -0.387 e. The van der Waals surface area contributed by atoms with Crippen LogP contribution in [-0.4, -0.2) is 53.5 Å². The molecule has 2 aromatic carbocycles. The van der Waals surface area contributed by atoms with Gasteiger partial charge in [0.2, 0.25) is 0 Å². The zero-order valence-electron chi connectivity index (χ0n) is 14.3. The van der Waals surface area contributed by atoms with Crippen molar-refractivity contribution < 1.29 is 18.7 Å². The van der Waals surface area contributed by atoms with Crippen LogP contribution in [0.4, 0.5) is 8.78 Å². The van der Waals surface area contributed by atoms with Gasteiger partial charge in [-0.2, -0.15) is 0 Å². The molecule has 1 fully saturated rings. The molecule has 3 rings (SSSR count). The van der Waals surface area contributed by atoms with Crippen LogP contribution in [0.15, 0.2) is 36.4 Å². The summed E-state index contributed by atoms with van der Waals surface area (Å²) in [6.45, 7) is 2.29. The molecule has 1 aliphatic rings. The highest BCUT2D eigenvalue weighted by Crippen LogP contribution is 2.27. The van der Waals surface area contributed by atoms with Crippen molar-refractivity contribution in [1.82, 2.24) is 9.80 Å². The number of halogens is 4. The molecule has 0 spiro atoms. The van der Waals surface area contributed by atoms with Gasteiger partial charge in [0.15, 0.2) is 11.6 Å². The summed E-state index contributed by atoms with van der Waals surface area (Å²) in [4.78, 5) is 16.3. The summed E-state index contributed by atoms with van der Waals surface area (Å²) < 4.78 is 26.3. The molecule has 0 aliphatic carbocycles. The van der Waals surface area contributed by atoms with E-state index in [2.05, 4.69) is 0 Å². The Morgan fingerprint density at radius 2 is 1.78 bits per heavy atom. The van der Waals surface area contributed by atoms with Gasteiger partial charge in [-0.1, -0.05) is 35.3 Å². The highest BCUT2D eigenvalue weighted by atomic mass is 35.5. The normalized spacial score (nSPS) is 16.4. The van der Waals surface area contributed by atoms with Crippen LogP contribution >= 0.6 is 23.2 Å². The lowest BCUT2D eigenvalue weighted by Gasteiger charge is -2.35. The zero-order chi connectivity index (χ0) is 19.6. The molecule has 1 unspecified atom stereocenters. The first-order chi connectivity index (χ1) is 12.9. The molecule has 0 radical (unpaired) electrons. The molecule has 144 valence electrons. The Kier molecular flexibility index (Phi) is 6.32. The lowest BCUT2D eigenvalue weighted by Crippen LogP contribution is -2.49. The largest absolute Gasteiger partial charge is 0.387 e. The molecule has 1 N–H and O–H groups in total. The van der Waals surface area contributed by atoms with Gasteiger partial charge in [-0.15, -0.1) is 0 Å². The highest BCUT2D eigenvalue weighted by Gasteiger charge is 2.25. The molecule has 2 aromatic rings. The molecular formula is C19H18Cl2F2N2O2. The van der Waals surface area contributed by atoms with Gasteiger partial charge < -0.3 is 10.0 Å². The smallest absolute Gasteiger partial charge is 0.255 e. The summed E-state index contributed by atoms with van der Waals surface area (Å²) in [6.07, 6.45) is -0.940. The van der Waals surface area contributed by atoms with Crippen molar-refractivity contribution in [2.75, 3.05) is 32.7 Å². The van der Waals surface area contributed by atoms with Crippen LogP contribution < -0.4 is 0 Å². The first-order valence-corrected chi connectivity index (χ1v) is 9.21. The Balaban J connectivity index is 1.57. The number of amides is 1. The highest BCUT2D eigenvalue weighted by molar-refractivity contribution is 6.43. The van der Waals surface area contributed by atoms with E-state index in [1.807, 2.05) is 4.90 Å². The topological polar surface area (TPSA) is 43.8 Å². The minimum absolute atomic E-state index is 0.191. The second-order valence-electron chi connectivity index (χ2n) is 6.38. The molecule has 1 atom stereocenters. The van der Waals surface area contributed by atoms with Crippen molar-refractivity contribution in [3.63, 3.8) is 0 Å². The second-order valence-corrected chi connectivity index (χ2v) is 7.17. The number of benzene rings is 2. The molecule has 1 aliphatic heterocycles. The van der Waals surface area contributed by atoms with Crippen LogP contribution in [0.25, 0.3) is 0 Å². The molecule has 1 amide bonds. The van der Waals surface area contributed by atoms with Crippen LogP contribution in [0.3, 0.4) is 0 Å². The average molecular weight is 415 g/mol. The van der Waals surface area contributed by atoms with Gasteiger partial charge in [-0.05, 0) is 29.8 Å². The van der Waals surface area contributed by atoms with E-state index in [-0.39, 0.29) is 17.5 Å². The molecule has 4 nitrogen and oxygen atoms in total. The number of nitrogens with zero attached hydrogens (tertiary/aromatic N) is 2. The predicted octanol–water partition coefficient (Wildman–Crippen LogP) is 3.76. The first kappa shape index (κ1) is 20.0. The number of carbonyl (C=O) groups is 1. The van der Waals surface area contributed by atoms with Crippen molar-refractivity contribution in [3.05, 3.63) is 69.2 Å². The number of piperazine rings is 1. The van der Waals surface area contributed by atoms with E-state index >= 15 is 0 Å². The van der Waals surface area contributed by atoms with Gasteiger partial charge in [0.1, 0.15) is 0 Å². The van der Waals surface area contributed by atoms with Crippen molar-refractivity contribution in [1.29, 1.82) is 0 Å². The van der Waals surface area contributed by atoms with Crippen molar-refractivity contribution in [2.45, 2.75) is 6.10 Å². The average Bonchev–Trinajstić information content (AvgIpc) is 2.66. The second kappa shape index (κ2) is 8.52. The number of β-amino-alcohol motifs (C(OH)–C–C–N with tert-alkyl or cyclic N) is 1. The minimum atomic E-state index is -0.986. The quantitative estimate of drug-likeness (QED) is 0.827. The number of aliphatic hydroxyl groups is 1. The van der Waals surface area contributed by atoms with Gasteiger partial charge in [0.25, 0.3) is 5.91 Å². The van der Waals surface area contributed by atoms with Crippen LogP contribution in [0.2, 0.25) is 10.0 Å². The maximum atomic E-state index is 13.3. The predicted molar refractivity (Wildman–Crippen MR) is 100 cm³/mol. The number of hydrogen-bond acceptors (Lipinski definition) is 3. The van der Waals surface area contributed by atoms with E-state index in [1.54, 1.807) is 23.1 Å². The fraction of sp³-hybridized carbons (Fsp3) is 0.316. The van der Waals surface area contributed by atoms with E-state index in [0.29, 0.717) is 42.3 Å². The van der Waals surface area contributed by atoms with Gasteiger partial charge in [0.05, 0.1) is 21.7 Å². The number of rotatable bonds is 4. The Labute approximate surface area is 165 Å². The van der Waals surface area contributed by atoms with E-state index < -0.39 is 17.7 Å². The van der Waals surface area contributed by atoms with Crippen LogP contribution in [-0.2, 0) is 0 Å². The molecule has 0 saturated carbocycles. The molecule has 1 heterocycles. The molecule has 0 bridgehead atoms. The Morgan fingerprint density at radius 3 is 2.44 bits per heavy atom. The Bertz CT molecular complexity index is 842. The van der Waals surface area contributed by atoms with Crippen molar-refractivity contribution >= 4 is 29.1 Å². The maximum absolute atomic E-state index is 13.3. The van der Waals surface area contributed by atoms with Gasteiger partial charge >= 0.3 is 0 Å². The van der Waals surface area contributed by atoms with Gasteiger partial charge in [-0.25, -0.2) is 8.78 Å². The fourth-order valence-corrected chi connectivity index (χ4v) is 3.42. The fourth-order valence-electron chi connectivity index (χ4n) is 3.04.